The number of halogens is 2. The van der Waals surface area contributed by atoms with E-state index in [4.69, 9.17) is 4.74 Å². The van der Waals surface area contributed by atoms with E-state index in [9.17, 15) is 17.2 Å². The fourth-order valence-electron chi connectivity index (χ4n) is 3.11. The number of sulfone groups is 1. The largest absolute Gasteiger partial charge is 0.495 e. The predicted octanol–water partition coefficient (Wildman–Crippen LogP) is 4.48. The van der Waals surface area contributed by atoms with Gasteiger partial charge < -0.3 is 4.74 Å². The van der Waals surface area contributed by atoms with Crippen LogP contribution in [0.4, 0.5) is 8.78 Å². The third kappa shape index (κ3) is 2.95. The number of hydrogen-bond donors (Lipinski definition) is 0. The smallest absolute Gasteiger partial charge is 0.175 e. The van der Waals surface area contributed by atoms with Gasteiger partial charge in [0.1, 0.15) is 6.61 Å². The fraction of sp³-hybridized carbons (Fsp3) is 0.158. The molecular formula is C19H14F2O3S2. The Balaban J connectivity index is 1.81. The maximum absolute atomic E-state index is 13.7. The van der Waals surface area contributed by atoms with Crippen LogP contribution in [0.15, 0.2) is 64.1 Å². The van der Waals surface area contributed by atoms with Crippen molar-refractivity contribution in [1.82, 2.24) is 0 Å². The van der Waals surface area contributed by atoms with E-state index in [0.29, 0.717) is 12.2 Å². The van der Waals surface area contributed by atoms with Gasteiger partial charge in [0.2, 0.25) is 0 Å². The molecule has 1 atom stereocenters. The van der Waals surface area contributed by atoms with Gasteiger partial charge in [-0.3, -0.25) is 0 Å². The second-order valence-corrected chi connectivity index (χ2v) is 9.32. The lowest BCUT2D eigenvalue weighted by atomic mass is 9.93. The first-order chi connectivity index (χ1) is 12.3. The topological polar surface area (TPSA) is 43.4 Å². The van der Waals surface area contributed by atoms with Gasteiger partial charge in [-0.1, -0.05) is 18.2 Å². The molecule has 0 aromatic heterocycles. The lowest BCUT2D eigenvalue weighted by Crippen LogP contribution is -2.01. The van der Waals surface area contributed by atoms with Crippen LogP contribution in [0, 0.1) is 11.6 Å². The Morgan fingerprint density at radius 2 is 1.81 bits per heavy atom. The average Bonchev–Trinajstić information content (AvgIpc) is 3.17. The van der Waals surface area contributed by atoms with Crippen LogP contribution in [-0.4, -0.2) is 21.3 Å². The van der Waals surface area contributed by atoms with Gasteiger partial charge >= 0.3 is 0 Å². The number of hydrogen-bond acceptors (Lipinski definition) is 4. The molecule has 0 amide bonds. The van der Waals surface area contributed by atoms with E-state index in [0.717, 1.165) is 33.9 Å². The molecule has 134 valence electrons. The quantitative estimate of drug-likeness (QED) is 0.772. The average molecular weight is 392 g/mol. The van der Waals surface area contributed by atoms with E-state index < -0.39 is 21.5 Å². The molecule has 2 aliphatic heterocycles. The highest BCUT2D eigenvalue weighted by Crippen LogP contribution is 2.56. The third-order valence-electron chi connectivity index (χ3n) is 4.39. The predicted molar refractivity (Wildman–Crippen MR) is 97.2 cm³/mol. The molecule has 0 saturated carbocycles. The van der Waals surface area contributed by atoms with E-state index in [-0.39, 0.29) is 10.1 Å². The monoisotopic (exact) mass is 392 g/mol. The standard InChI is InChI=1S/C19H14F2O3S2/c1-26(22,23)13-5-2-11(3-6-13)18-14-9-24-10-17(14)25-19(18)12-4-7-15(20)16(21)8-12/h2-8,10,19H,9H2,1H3. The van der Waals surface area contributed by atoms with Gasteiger partial charge in [-0.05, 0) is 41.0 Å². The van der Waals surface area contributed by atoms with Crippen LogP contribution in [-0.2, 0) is 14.6 Å². The van der Waals surface area contributed by atoms with Crippen molar-refractivity contribution in [3.8, 4) is 0 Å². The summed E-state index contributed by atoms with van der Waals surface area (Å²) in [6, 6.07) is 10.5. The van der Waals surface area contributed by atoms with Crippen LogP contribution in [0.2, 0.25) is 0 Å². The molecule has 0 radical (unpaired) electrons. The first-order valence-corrected chi connectivity index (χ1v) is 10.6. The molecule has 2 aromatic carbocycles. The van der Waals surface area contributed by atoms with Crippen molar-refractivity contribution in [3.63, 3.8) is 0 Å². The van der Waals surface area contributed by atoms with Crippen LogP contribution in [0.5, 0.6) is 0 Å². The van der Waals surface area contributed by atoms with Crippen molar-refractivity contribution in [1.29, 1.82) is 0 Å². The second kappa shape index (κ2) is 6.25. The molecular weight excluding hydrogens is 378 g/mol. The first-order valence-electron chi connectivity index (χ1n) is 7.82. The minimum atomic E-state index is -3.29. The Hall–Kier alpha value is -2.12. The molecule has 4 rings (SSSR count). The fourth-order valence-corrected chi connectivity index (χ4v) is 5.11. The minimum absolute atomic E-state index is 0.209. The summed E-state index contributed by atoms with van der Waals surface area (Å²) < 4.78 is 55.8. The molecule has 0 saturated heterocycles. The summed E-state index contributed by atoms with van der Waals surface area (Å²) >= 11 is 1.52. The molecule has 0 fully saturated rings. The molecule has 0 aliphatic carbocycles. The molecule has 0 N–H and O–H groups in total. The molecule has 7 heteroatoms. The summed E-state index contributed by atoms with van der Waals surface area (Å²) in [5, 5.41) is -0.209. The number of rotatable bonds is 3. The Labute approximate surface area is 154 Å². The van der Waals surface area contributed by atoms with Crippen molar-refractivity contribution < 1.29 is 21.9 Å². The van der Waals surface area contributed by atoms with Gasteiger partial charge in [-0.25, -0.2) is 17.2 Å². The van der Waals surface area contributed by atoms with E-state index in [2.05, 4.69) is 0 Å². The Morgan fingerprint density at radius 3 is 2.46 bits per heavy atom. The van der Waals surface area contributed by atoms with Gasteiger partial charge in [0.05, 0.1) is 16.4 Å². The number of thioether (sulfide) groups is 1. The van der Waals surface area contributed by atoms with E-state index in [1.807, 2.05) is 0 Å². The van der Waals surface area contributed by atoms with E-state index in [1.165, 1.54) is 17.8 Å². The van der Waals surface area contributed by atoms with Crippen LogP contribution in [0.3, 0.4) is 0 Å². The van der Waals surface area contributed by atoms with Crippen LogP contribution >= 0.6 is 11.8 Å². The summed E-state index contributed by atoms with van der Waals surface area (Å²) in [6.07, 6.45) is 2.83. The summed E-state index contributed by atoms with van der Waals surface area (Å²) in [5.74, 6) is -1.77. The van der Waals surface area contributed by atoms with Gasteiger partial charge in [0.25, 0.3) is 0 Å². The Bertz CT molecular complexity index is 1050. The highest BCUT2D eigenvalue weighted by atomic mass is 32.2. The molecule has 0 bridgehead atoms. The number of ether oxygens (including phenoxy) is 1. The van der Waals surface area contributed by atoms with Crippen LogP contribution in [0.1, 0.15) is 16.4 Å². The lowest BCUT2D eigenvalue weighted by molar-refractivity contribution is 0.301. The highest BCUT2D eigenvalue weighted by molar-refractivity contribution is 8.04. The van der Waals surface area contributed by atoms with Gasteiger partial charge in [-0.2, -0.15) is 0 Å². The highest BCUT2D eigenvalue weighted by Gasteiger charge is 2.35. The Morgan fingerprint density at radius 1 is 1.08 bits per heavy atom. The second-order valence-electron chi connectivity index (χ2n) is 6.15. The van der Waals surface area contributed by atoms with Crippen LogP contribution in [0.25, 0.3) is 5.57 Å². The van der Waals surface area contributed by atoms with Gasteiger partial charge in [0.15, 0.2) is 21.5 Å². The molecule has 0 spiro atoms. The number of fused-ring (bicyclic) bond motifs is 1. The van der Waals surface area contributed by atoms with Gasteiger partial charge in [0, 0.05) is 16.7 Å². The minimum Gasteiger partial charge on any atom is -0.495 e. The van der Waals surface area contributed by atoms with Crippen molar-refractivity contribution in [2.45, 2.75) is 10.1 Å². The summed E-state index contributed by atoms with van der Waals surface area (Å²) in [6.45, 7) is 0.408. The van der Waals surface area contributed by atoms with Crippen molar-refractivity contribution in [2.75, 3.05) is 12.9 Å². The third-order valence-corrected chi connectivity index (χ3v) is 6.86. The van der Waals surface area contributed by atoms with E-state index in [1.54, 1.807) is 36.6 Å². The maximum atomic E-state index is 13.7. The normalized spacial score (nSPS) is 19.3. The van der Waals surface area contributed by atoms with Crippen molar-refractivity contribution in [3.05, 3.63) is 82.0 Å². The number of benzene rings is 2. The summed E-state index contributed by atoms with van der Waals surface area (Å²) in [4.78, 5) is 1.20. The van der Waals surface area contributed by atoms with Crippen molar-refractivity contribution >= 4 is 27.2 Å². The zero-order valence-electron chi connectivity index (χ0n) is 13.7. The molecule has 26 heavy (non-hydrogen) atoms. The molecule has 2 aliphatic rings. The molecule has 2 heterocycles. The van der Waals surface area contributed by atoms with E-state index >= 15 is 0 Å². The van der Waals surface area contributed by atoms with Gasteiger partial charge in [-0.15, -0.1) is 11.8 Å². The zero-order valence-corrected chi connectivity index (χ0v) is 15.3. The lowest BCUT2D eigenvalue weighted by Gasteiger charge is -2.16. The molecule has 3 nitrogen and oxygen atoms in total. The summed E-state index contributed by atoms with van der Waals surface area (Å²) in [5.41, 5.74) is 3.42. The molecule has 2 aromatic rings. The first kappa shape index (κ1) is 17.3. The van der Waals surface area contributed by atoms with Crippen LogP contribution < -0.4 is 0 Å². The SMILES string of the molecule is CS(=O)(=O)c1ccc(C2=C3COC=C3SC2c2ccc(F)c(F)c2)cc1. The Kier molecular flexibility index (Phi) is 4.16. The zero-order chi connectivity index (χ0) is 18.5. The molecule has 1 unspecified atom stereocenters. The maximum Gasteiger partial charge on any atom is 0.175 e. The summed E-state index contributed by atoms with van der Waals surface area (Å²) in [7, 11) is -3.29. The van der Waals surface area contributed by atoms with Crippen molar-refractivity contribution in [2.24, 2.45) is 0 Å².